The lowest BCUT2D eigenvalue weighted by atomic mass is 10.1. The molecule has 0 aliphatic carbocycles. The normalized spacial score (nSPS) is 18.8. The summed E-state index contributed by atoms with van der Waals surface area (Å²) in [5, 5.41) is 8.81. The standard InChI is InChI=1S/C15H21N3O/c1-2-8-18(12-14-5-3-4-9-19-14)15-7-6-13(10-16)11-17-15/h6-7,11,14H,2-5,8-9,12H2,1H3. The maximum atomic E-state index is 8.81. The molecule has 2 heterocycles. The van der Waals surface area contributed by atoms with E-state index in [2.05, 4.69) is 22.9 Å². The molecule has 1 unspecified atom stereocenters. The van der Waals surface area contributed by atoms with Gasteiger partial charge in [0.15, 0.2) is 0 Å². The summed E-state index contributed by atoms with van der Waals surface area (Å²) < 4.78 is 5.80. The third-order valence-corrected chi connectivity index (χ3v) is 3.39. The van der Waals surface area contributed by atoms with Gasteiger partial charge < -0.3 is 9.64 Å². The van der Waals surface area contributed by atoms with Crippen molar-refractivity contribution in [3.05, 3.63) is 23.9 Å². The van der Waals surface area contributed by atoms with E-state index in [1.807, 2.05) is 12.1 Å². The van der Waals surface area contributed by atoms with Crippen LogP contribution in [0.4, 0.5) is 5.82 Å². The number of hydrogen-bond acceptors (Lipinski definition) is 4. The summed E-state index contributed by atoms with van der Waals surface area (Å²) in [5.74, 6) is 0.940. The predicted molar refractivity (Wildman–Crippen MR) is 75.0 cm³/mol. The molecule has 0 aromatic carbocycles. The molecule has 4 heteroatoms. The maximum Gasteiger partial charge on any atom is 0.128 e. The SMILES string of the molecule is CCCN(CC1CCCCO1)c1ccc(C#N)cn1. The molecule has 0 radical (unpaired) electrons. The Morgan fingerprint density at radius 2 is 2.37 bits per heavy atom. The number of hydrogen-bond donors (Lipinski definition) is 0. The molecule has 1 aliphatic heterocycles. The molecular weight excluding hydrogens is 238 g/mol. The average Bonchev–Trinajstić information content (AvgIpc) is 2.48. The minimum atomic E-state index is 0.317. The summed E-state index contributed by atoms with van der Waals surface area (Å²) in [7, 11) is 0. The maximum absolute atomic E-state index is 8.81. The van der Waals surface area contributed by atoms with E-state index in [0.29, 0.717) is 11.7 Å². The van der Waals surface area contributed by atoms with Crippen molar-refractivity contribution >= 4 is 5.82 Å². The van der Waals surface area contributed by atoms with Crippen LogP contribution in [-0.2, 0) is 4.74 Å². The number of nitriles is 1. The van der Waals surface area contributed by atoms with Crippen molar-refractivity contribution in [2.45, 2.75) is 38.7 Å². The molecule has 1 aromatic rings. The Morgan fingerprint density at radius 3 is 2.95 bits per heavy atom. The van der Waals surface area contributed by atoms with Gasteiger partial charge in [0.1, 0.15) is 11.9 Å². The fourth-order valence-electron chi connectivity index (χ4n) is 2.41. The third kappa shape index (κ3) is 3.93. The Hall–Kier alpha value is -1.60. The van der Waals surface area contributed by atoms with Crippen LogP contribution in [0.15, 0.2) is 18.3 Å². The summed E-state index contributed by atoms with van der Waals surface area (Å²) in [6.07, 6.45) is 6.60. The number of anilines is 1. The van der Waals surface area contributed by atoms with Gasteiger partial charge in [-0.05, 0) is 37.8 Å². The van der Waals surface area contributed by atoms with Crippen LogP contribution >= 0.6 is 0 Å². The third-order valence-electron chi connectivity index (χ3n) is 3.39. The summed E-state index contributed by atoms with van der Waals surface area (Å²) in [6.45, 7) is 4.91. The van der Waals surface area contributed by atoms with E-state index in [9.17, 15) is 0 Å². The van der Waals surface area contributed by atoms with Crippen molar-refractivity contribution in [3.63, 3.8) is 0 Å². The van der Waals surface area contributed by atoms with Crippen molar-refractivity contribution in [2.75, 3.05) is 24.6 Å². The number of ether oxygens (including phenoxy) is 1. The van der Waals surface area contributed by atoms with Crippen LogP contribution in [0.1, 0.15) is 38.2 Å². The number of aromatic nitrogens is 1. The van der Waals surface area contributed by atoms with E-state index in [4.69, 9.17) is 10.00 Å². The molecule has 4 nitrogen and oxygen atoms in total. The predicted octanol–water partition coefficient (Wildman–Crippen LogP) is 2.74. The van der Waals surface area contributed by atoms with Gasteiger partial charge in [-0.2, -0.15) is 5.26 Å². The average molecular weight is 259 g/mol. The second kappa shape index (κ2) is 7.10. The first-order valence-electron chi connectivity index (χ1n) is 7.06. The molecule has 102 valence electrons. The molecule has 1 atom stereocenters. The lowest BCUT2D eigenvalue weighted by molar-refractivity contribution is 0.0209. The van der Waals surface area contributed by atoms with E-state index >= 15 is 0 Å². The first-order valence-corrected chi connectivity index (χ1v) is 7.06. The van der Waals surface area contributed by atoms with Crippen LogP contribution in [0, 0.1) is 11.3 Å². The Morgan fingerprint density at radius 1 is 1.47 bits per heavy atom. The number of nitrogens with zero attached hydrogens (tertiary/aromatic N) is 3. The molecule has 0 N–H and O–H groups in total. The number of pyridine rings is 1. The van der Waals surface area contributed by atoms with Crippen molar-refractivity contribution in [1.82, 2.24) is 4.98 Å². The van der Waals surface area contributed by atoms with Crippen LogP contribution in [-0.4, -0.2) is 30.8 Å². The van der Waals surface area contributed by atoms with Gasteiger partial charge in [-0.15, -0.1) is 0 Å². The van der Waals surface area contributed by atoms with Crippen LogP contribution in [0.2, 0.25) is 0 Å². The van der Waals surface area contributed by atoms with E-state index in [-0.39, 0.29) is 0 Å². The van der Waals surface area contributed by atoms with E-state index in [1.54, 1.807) is 6.20 Å². The first-order chi connectivity index (χ1) is 9.33. The lowest BCUT2D eigenvalue weighted by Crippen LogP contribution is -2.36. The van der Waals surface area contributed by atoms with Crippen molar-refractivity contribution in [1.29, 1.82) is 5.26 Å². The van der Waals surface area contributed by atoms with Crippen LogP contribution in [0.5, 0.6) is 0 Å². The summed E-state index contributed by atoms with van der Waals surface area (Å²) >= 11 is 0. The van der Waals surface area contributed by atoms with E-state index in [0.717, 1.165) is 38.4 Å². The van der Waals surface area contributed by atoms with Crippen molar-refractivity contribution in [2.24, 2.45) is 0 Å². The van der Waals surface area contributed by atoms with Crippen LogP contribution in [0.25, 0.3) is 0 Å². The zero-order chi connectivity index (χ0) is 13.5. The van der Waals surface area contributed by atoms with E-state index in [1.165, 1.54) is 12.8 Å². The summed E-state index contributed by atoms with van der Waals surface area (Å²) in [4.78, 5) is 6.64. The van der Waals surface area contributed by atoms with Gasteiger partial charge in [0, 0.05) is 25.9 Å². The number of rotatable bonds is 5. The van der Waals surface area contributed by atoms with E-state index < -0.39 is 0 Å². The zero-order valence-electron chi connectivity index (χ0n) is 11.5. The van der Waals surface area contributed by atoms with Gasteiger partial charge in [0.05, 0.1) is 11.7 Å². The first kappa shape index (κ1) is 13.8. The minimum absolute atomic E-state index is 0.317. The molecule has 0 bridgehead atoms. The van der Waals surface area contributed by atoms with Crippen molar-refractivity contribution in [3.8, 4) is 6.07 Å². The van der Waals surface area contributed by atoms with Gasteiger partial charge in [-0.25, -0.2) is 4.98 Å². The zero-order valence-corrected chi connectivity index (χ0v) is 11.5. The highest BCUT2D eigenvalue weighted by atomic mass is 16.5. The Labute approximate surface area is 115 Å². The fraction of sp³-hybridized carbons (Fsp3) is 0.600. The highest BCUT2D eigenvalue weighted by Crippen LogP contribution is 2.18. The van der Waals surface area contributed by atoms with Crippen LogP contribution in [0.3, 0.4) is 0 Å². The topological polar surface area (TPSA) is 49.1 Å². The summed E-state index contributed by atoms with van der Waals surface area (Å²) in [6, 6.07) is 5.85. The molecule has 0 saturated carbocycles. The Bertz CT molecular complexity index is 418. The molecule has 2 rings (SSSR count). The Balaban J connectivity index is 2.03. The fourth-order valence-corrected chi connectivity index (χ4v) is 2.41. The van der Waals surface area contributed by atoms with Gasteiger partial charge in [0.25, 0.3) is 0 Å². The smallest absolute Gasteiger partial charge is 0.128 e. The quantitative estimate of drug-likeness (QED) is 0.815. The second-order valence-electron chi connectivity index (χ2n) is 4.95. The van der Waals surface area contributed by atoms with Crippen molar-refractivity contribution < 1.29 is 4.74 Å². The van der Waals surface area contributed by atoms with Crippen LogP contribution < -0.4 is 4.90 Å². The molecule has 1 aromatic heterocycles. The lowest BCUT2D eigenvalue weighted by Gasteiger charge is -2.30. The molecule has 1 fully saturated rings. The molecule has 1 aliphatic rings. The molecule has 1 saturated heterocycles. The molecule has 0 spiro atoms. The van der Waals surface area contributed by atoms with Gasteiger partial charge in [-0.1, -0.05) is 6.92 Å². The van der Waals surface area contributed by atoms with Gasteiger partial charge in [-0.3, -0.25) is 0 Å². The monoisotopic (exact) mass is 259 g/mol. The second-order valence-corrected chi connectivity index (χ2v) is 4.95. The highest BCUT2D eigenvalue weighted by Gasteiger charge is 2.18. The molecule has 0 amide bonds. The summed E-state index contributed by atoms with van der Waals surface area (Å²) in [5.41, 5.74) is 0.606. The van der Waals surface area contributed by atoms with Gasteiger partial charge >= 0.3 is 0 Å². The molecule has 19 heavy (non-hydrogen) atoms. The Kier molecular flexibility index (Phi) is 5.17. The largest absolute Gasteiger partial charge is 0.376 e. The highest BCUT2D eigenvalue weighted by molar-refractivity contribution is 5.41. The molecular formula is C15H21N3O. The minimum Gasteiger partial charge on any atom is -0.376 e. The van der Waals surface area contributed by atoms with Gasteiger partial charge in [0.2, 0.25) is 0 Å².